The van der Waals surface area contributed by atoms with Gasteiger partial charge in [0.2, 0.25) is 0 Å². The molecule has 7 heteroatoms. The van der Waals surface area contributed by atoms with Crippen LogP contribution in [0.15, 0.2) is 29.3 Å². The number of hydrogen-bond donors (Lipinski definition) is 2. The number of pyridine rings is 1. The third-order valence-electron chi connectivity index (χ3n) is 3.31. The van der Waals surface area contributed by atoms with Gasteiger partial charge in [-0.15, -0.1) is 0 Å². The molecular weight excluding hydrogens is 286 g/mol. The zero-order valence-electron chi connectivity index (χ0n) is 12.5. The van der Waals surface area contributed by atoms with E-state index in [2.05, 4.69) is 10.3 Å². The second kappa shape index (κ2) is 5.97. The van der Waals surface area contributed by atoms with Crippen molar-refractivity contribution in [2.45, 2.75) is 26.8 Å². The third kappa shape index (κ3) is 2.98. The summed E-state index contributed by atoms with van der Waals surface area (Å²) in [5.74, 6) is -2.19. The lowest BCUT2D eigenvalue weighted by atomic mass is 10.0. The number of aromatic nitrogens is 2. The summed E-state index contributed by atoms with van der Waals surface area (Å²) >= 11 is 0. The van der Waals surface area contributed by atoms with E-state index in [-0.39, 0.29) is 11.5 Å². The van der Waals surface area contributed by atoms with Gasteiger partial charge in [0.1, 0.15) is 17.3 Å². The summed E-state index contributed by atoms with van der Waals surface area (Å²) in [6, 6.07) is 2.41. The number of nitrogens with one attached hydrogen (secondary N) is 1. The minimum atomic E-state index is -1.15. The molecule has 2 aromatic rings. The van der Waals surface area contributed by atoms with Crippen LogP contribution in [0.5, 0.6) is 0 Å². The number of carbonyl (C=O) groups excluding carboxylic acids is 1. The summed E-state index contributed by atoms with van der Waals surface area (Å²) in [4.78, 5) is 39.7. The minimum absolute atomic E-state index is 0.185. The Morgan fingerprint density at radius 2 is 2.00 bits per heavy atom. The average molecular weight is 303 g/mol. The maximum absolute atomic E-state index is 12.4. The highest BCUT2D eigenvalue weighted by molar-refractivity contribution is 5.96. The molecule has 2 heterocycles. The van der Waals surface area contributed by atoms with Crippen LogP contribution >= 0.6 is 0 Å². The van der Waals surface area contributed by atoms with Gasteiger partial charge in [0.15, 0.2) is 0 Å². The Labute approximate surface area is 126 Å². The zero-order chi connectivity index (χ0) is 16.4. The maximum atomic E-state index is 12.4. The molecule has 0 saturated heterocycles. The van der Waals surface area contributed by atoms with Crippen LogP contribution in [-0.4, -0.2) is 32.4 Å². The number of carboxylic acid groups (broad SMARTS) is 1. The molecule has 0 bridgehead atoms. The van der Waals surface area contributed by atoms with Gasteiger partial charge in [0.05, 0.1) is 0 Å². The molecule has 0 aliphatic rings. The summed E-state index contributed by atoms with van der Waals surface area (Å²) in [5.41, 5.74) is 0.555. The number of fused-ring (bicyclic) bond motifs is 1. The molecule has 7 nitrogen and oxygen atoms in total. The van der Waals surface area contributed by atoms with Crippen LogP contribution in [0.3, 0.4) is 0 Å². The fraction of sp³-hybridized carbons (Fsp3) is 0.333. The second-order valence-electron chi connectivity index (χ2n) is 5.45. The highest BCUT2D eigenvalue weighted by Gasteiger charge is 2.25. The largest absolute Gasteiger partial charge is 0.480 e. The number of amides is 1. The highest BCUT2D eigenvalue weighted by atomic mass is 16.4. The van der Waals surface area contributed by atoms with E-state index in [1.807, 2.05) is 6.92 Å². The molecule has 0 radical (unpaired) electrons. The monoisotopic (exact) mass is 303 g/mol. The van der Waals surface area contributed by atoms with E-state index in [9.17, 15) is 14.4 Å². The van der Waals surface area contributed by atoms with Gasteiger partial charge in [-0.25, -0.2) is 9.78 Å². The van der Waals surface area contributed by atoms with Crippen molar-refractivity contribution in [2.24, 2.45) is 5.92 Å². The normalized spacial score (nSPS) is 12.4. The molecule has 2 N–H and O–H groups in total. The van der Waals surface area contributed by atoms with Crippen LogP contribution in [-0.2, 0) is 4.79 Å². The lowest BCUT2D eigenvalue weighted by Crippen LogP contribution is -2.45. The number of carboxylic acids is 1. The Bertz CT molecular complexity index is 795. The van der Waals surface area contributed by atoms with Crippen LogP contribution in [0.1, 0.15) is 29.8 Å². The van der Waals surface area contributed by atoms with E-state index >= 15 is 0 Å². The van der Waals surface area contributed by atoms with Crippen molar-refractivity contribution in [1.82, 2.24) is 14.7 Å². The third-order valence-corrected chi connectivity index (χ3v) is 3.31. The molecule has 1 atom stereocenters. The van der Waals surface area contributed by atoms with E-state index in [1.165, 1.54) is 10.6 Å². The van der Waals surface area contributed by atoms with Crippen LogP contribution < -0.4 is 10.9 Å². The van der Waals surface area contributed by atoms with Crippen molar-refractivity contribution in [3.63, 3.8) is 0 Å². The van der Waals surface area contributed by atoms with E-state index in [1.54, 1.807) is 32.2 Å². The Morgan fingerprint density at radius 1 is 1.32 bits per heavy atom. The Kier molecular flexibility index (Phi) is 4.25. The highest BCUT2D eigenvalue weighted by Crippen LogP contribution is 2.05. The number of carbonyl (C=O) groups is 2. The molecule has 0 fully saturated rings. The molecular formula is C15H17N3O4. The Morgan fingerprint density at radius 3 is 2.59 bits per heavy atom. The first kappa shape index (κ1) is 15.7. The summed E-state index contributed by atoms with van der Waals surface area (Å²) in [6.07, 6.45) is 2.75. The predicted molar refractivity (Wildman–Crippen MR) is 79.9 cm³/mol. The topological polar surface area (TPSA) is 101 Å². The molecule has 116 valence electrons. The molecule has 0 aliphatic heterocycles. The molecule has 1 amide bonds. The van der Waals surface area contributed by atoms with Crippen molar-refractivity contribution in [1.29, 1.82) is 0 Å². The van der Waals surface area contributed by atoms with Crippen molar-refractivity contribution < 1.29 is 14.7 Å². The van der Waals surface area contributed by atoms with Crippen molar-refractivity contribution >= 4 is 17.5 Å². The predicted octanol–water partition coefficient (Wildman–Crippen LogP) is 0.842. The fourth-order valence-corrected chi connectivity index (χ4v) is 2.07. The summed E-state index contributed by atoms with van der Waals surface area (Å²) in [7, 11) is 0. The van der Waals surface area contributed by atoms with E-state index in [0.717, 1.165) is 5.56 Å². The molecule has 2 aromatic heterocycles. The molecule has 0 spiro atoms. The molecule has 0 saturated carbocycles. The van der Waals surface area contributed by atoms with E-state index < -0.39 is 23.5 Å². The van der Waals surface area contributed by atoms with Crippen LogP contribution in [0.2, 0.25) is 0 Å². The Balaban J connectivity index is 2.42. The molecule has 22 heavy (non-hydrogen) atoms. The summed E-state index contributed by atoms with van der Waals surface area (Å²) in [6.45, 7) is 5.17. The summed E-state index contributed by atoms with van der Waals surface area (Å²) < 4.78 is 1.27. The van der Waals surface area contributed by atoms with Gasteiger partial charge < -0.3 is 10.4 Å². The van der Waals surface area contributed by atoms with Gasteiger partial charge in [0.25, 0.3) is 11.5 Å². The number of aryl methyl sites for hydroxylation is 1. The maximum Gasteiger partial charge on any atom is 0.326 e. The van der Waals surface area contributed by atoms with Crippen molar-refractivity contribution in [3.05, 3.63) is 46.0 Å². The first-order valence-corrected chi connectivity index (χ1v) is 6.83. The average Bonchev–Trinajstić information content (AvgIpc) is 2.44. The molecule has 0 aliphatic carbocycles. The molecule has 0 unspecified atom stereocenters. The smallest absolute Gasteiger partial charge is 0.326 e. The number of hydrogen-bond acceptors (Lipinski definition) is 4. The lowest BCUT2D eigenvalue weighted by Gasteiger charge is -2.17. The van der Waals surface area contributed by atoms with Gasteiger partial charge in [-0.3, -0.25) is 14.0 Å². The standard InChI is InChI=1S/C15H17N3O4/c1-8(2)12(15(21)22)17-13(19)10-6-16-11-5-4-9(3)7-18(11)14(10)20/h4-8,12H,1-3H3,(H,17,19)(H,21,22)/t12-/m1/s1. The zero-order valence-corrected chi connectivity index (χ0v) is 12.5. The van der Waals surface area contributed by atoms with E-state index in [4.69, 9.17) is 5.11 Å². The number of nitrogens with zero attached hydrogens (tertiary/aromatic N) is 2. The summed E-state index contributed by atoms with van der Waals surface area (Å²) in [5, 5.41) is 11.5. The SMILES string of the molecule is Cc1ccc2ncc(C(=O)N[C@@H](C(=O)O)C(C)C)c(=O)n2c1. The molecule has 0 aromatic carbocycles. The minimum Gasteiger partial charge on any atom is -0.480 e. The second-order valence-corrected chi connectivity index (χ2v) is 5.45. The Hall–Kier alpha value is -2.70. The van der Waals surface area contributed by atoms with E-state index in [0.29, 0.717) is 5.65 Å². The van der Waals surface area contributed by atoms with Gasteiger partial charge >= 0.3 is 5.97 Å². The van der Waals surface area contributed by atoms with Gasteiger partial charge in [-0.1, -0.05) is 19.9 Å². The van der Waals surface area contributed by atoms with Crippen molar-refractivity contribution in [3.8, 4) is 0 Å². The number of aliphatic carboxylic acids is 1. The lowest BCUT2D eigenvalue weighted by molar-refractivity contribution is -0.140. The number of rotatable bonds is 4. The van der Waals surface area contributed by atoms with Crippen molar-refractivity contribution in [2.75, 3.05) is 0 Å². The van der Waals surface area contributed by atoms with Crippen LogP contribution in [0, 0.1) is 12.8 Å². The van der Waals surface area contributed by atoms with Gasteiger partial charge in [-0.2, -0.15) is 0 Å². The first-order chi connectivity index (χ1) is 10.3. The van der Waals surface area contributed by atoms with Gasteiger partial charge in [0, 0.05) is 12.4 Å². The van der Waals surface area contributed by atoms with Crippen LogP contribution in [0.4, 0.5) is 0 Å². The fourth-order valence-electron chi connectivity index (χ4n) is 2.07. The quantitative estimate of drug-likeness (QED) is 0.871. The first-order valence-electron chi connectivity index (χ1n) is 6.83. The molecule has 2 rings (SSSR count). The van der Waals surface area contributed by atoms with Gasteiger partial charge in [-0.05, 0) is 24.5 Å². The van der Waals surface area contributed by atoms with Crippen LogP contribution in [0.25, 0.3) is 5.65 Å².